The number of nitriles is 1. The minimum absolute atomic E-state index is 0.00371. The van der Waals surface area contributed by atoms with Gasteiger partial charge in [0.2, 0.25) is 5.91 Å². The van der Waals surface area contributed by atoms with E-state index >= 15 is 0 Å². The maximum absolute atomic E-state index is 12.7. The number of hydrogen-bond acceptors (Lipinski definition) is 5. The zero-order chi connectivity index (χ0) is 16.6. The normalized spacial score (nSPS) is 14.2. The fourth-order valence-corrected chi connectivity index (χ4v) is 3.62. The van der Waals surface area contributed by atoms with Crippen molar-refractivity contribution in [3.63, 3.8) is 0 Å². The standard InChI is InChI=1S/C17H15N3O2S/c1-10-9-23-17(19-10)14(8-18)16(22)13-3-4-15-12(7-13)5-6-20(15)11(2)21/h3-4,7,9,14H,5-6H2,1-2H3. The monoisotopic (exact) mass is 325 g/mol. The fraction of sp³-hybridized carbons (Fsp3) is 0.294. The third kappa shape index (κ3) is 2.76. The summed E-state index contributed by atoms with van der Waals surface area (Å²) in [6.45, 7) is 4.00. The van der Waals surface area contributed by atoms with Gasteiger partial charge in [0.1, 0.15) is 5.01 Å². The Bertz CT molecular complexity index is 835. The molecule has 3 rings (SSSR count). The molecule has 5 nitrogen and oxygen atoms in total. The summed E-state index contributed by atoms with van der Waals surface area (Å²) >= 11 is 1.33. The molecule has 0 spiro atoms. The van der Waals surface area contributed by atoms with E-state index in [1.165, 1.54) is 18.3 Å². The van der Waals surface area contributed by atoms with Crippen LogP contribution in [0.25, 0.3) is 0 Å². The number of rotatable bonds is 3. The molecule has 1 unspecified atom stereocenters. The number of carbonyl (C=O) groups excluding carboxylic acids is 2. The third-order valence-corrected chi connectivity index (χ3v) is 4.94. The third-order valence-electron chi connectivity index (χ3n) is 3.91. The first-order valence-electron chi connectivity index (χ1n) is 7.28. The lowest BCUT2D eigenvalue weighted by Crippen LogP contribution is -2.25. The molecule has 1 aromatic heterocycles. The summed E-state index contributed by atoms with van der Waals surface area (Å²) in [6, 6.07) is 7.33. The van der Waals surface area contributed by atoms with Crippen LogP contribution in [0.5, 0.6) is 0 Å². The Labute approximate surface area is 138 Å². The second-order valence-corrected chi connectivity index (χ2v) is 6.41. The second kappa shape index (κ2) is 5.94. The van der Waals surface area contributed by atoms with E-state index in [4.69, 9.17) is 0 Å². The Morgan fingerprint density at radius 1 is 1.43 bits per heavy atom. The Morgan fingerprint density at radius 2 is 2.22 bits per heavy atom. The largest absolute Gasteiger partial charge is 0.312 e. The number of aryl methyl sites for hydroxylation is 1. The molecule has 0 aliphatic carbocycles. The Morgan fingerprint density at radius 3 is 2.83 bits per heavy atom. The van der Waals surface area contributed by atoms with E-state index in [9.17, 15) is 14.9 Å². The zero-order valence-corrected chi connectivity index (χ0v) is 13.7. The molecule has 1 aromatic carbocycles. The van der Waals surface area contributed by atoms with Crippen LogP contribution >= 0.6 is 11.3 Å². The molecule has 0 saturated carbocycles. The van der Waals surface area contributed by atoms with Crippen LogP contribution in [-0.4, -0.2) is 23.2 Å². The van der Waals surface area contributed by atoms with Gasteiger partial charge in [-0.05, 0) is 37.1 Å². The molecule has 1 atom stereocenters. The van der Waals surface area contributed by atoms with Gasteiger partial charge >= 0.3 is 0 Å². The van der Waals surface area contributed by atoms with Gasteiger partial charge in [0.05, 0.1) is 6.07 Å². The fourth-order valence-electron chi connectivity index (χ4n) is 2.78. The number of anilines is 1. The van der Waals surface area contributed by atoms with Crippen molar-refractivity contribution in [2.24, 2.45) is 0 Å². The summed E-state index contributed by atoms with van der Waals surface area (Å²) in [6.07, 6.45) is 0.726. The number of benzene rings is 1. The molecule has 1 aliphatic rings. The van der Waals surface area contributed by atoms with E-state index in [0.717, 1.165) is 23.4 Å². The summed E-state index contributed by atoms with van der Waals surface area (Å²) in [5, 5.41) is 11.7. The van der Waals surface area contributed by atoms with Gasteiger partial charge in [-0.2, -0.15) is 5.26 Å². The minimum Gasteiger partial charge on any atom is -0.312 e. The van der Waals surface area contributed by atoms with E-state index < -0.39 is 5.92 Å². The highest BCUT2D eigenvalue weighted by Crippen LogP contribution is 2.31. The molecule has 6 heteroatoms. The quantitative estimate of drug-likeness (QED) is 0.813. The topological polar surface area (TPSA) is 74.1 Å². The Balaban J connectivity index is 1.92. The van der Waals surface area contributed by atoms with E-state index in [0.29, 0.717) is 17.1 Å². The summed E-state index contributed by atoms with van der Waals surface area (Å²) in [5.41, 5.74) is 3.13. The smallest absolute Gasteiger partial charge is 0.223 e. The van der Waals surface area contributed by atoms with Gasteiger partial charge in [-0.3, -0.25) is 9.59 Å². The first-order valence-corrected chi connectivity index (χ1v) is 8.16. The van der Waals surface area contributed by atoms with Gasteiger partial charge < -0.3 is 4.90 Å². The van der Waals surface area contributed by atoms with Crippen LogP contribution in [0.2, 0.25) is 0 Å². The molecule has 0 saturated heterocycles. The Kier molecular flexibility index (Phi) is 3.97. The number of hydrogen-bond donors (Lipinski definition) is 0. The van der Waals surface area contributed by atoms with Crippen molar-refractivity contribution in [2.45, 2.75) is 26.2 Å². The molecule has 2 aromatic rings. The molecule has 0 radical (unpaired) electrons. The summed E-state index contributed by atoms with van der Waals surface area (Å²) in [4.78, 5) is 30.2. The summed E-state index contributed by atoms with van der Waals surface area (Å²) in [7, 11) is 0. The molecule has 23 heavy (non-hydrogen) atoms. The number of thiazole rings is 1. The lowest BCUT2D eigenvalue weighted by Gasteiger charge is -2.15. The molecule has 116 valence electrons. The zero-order valence-electron chi connectivity index (χ0n) is 12.9. The number of Topliss-reactive ketones (excluding diaryl/α,β-unsaturated/α-hetero) is 1. The van der Waals surface area contributed by atoms with Crippen molar-refractivity contribution < 1.29 is 9.59 Å². The first-order chi connectivity index (χ1) is 11.0. The molecule has 1 amide bonds. The lowest BCUT2D eigenvalue weighted by molar-refractivity contribution is -0.116. The second-order valence-electron chi connectivity index (χ2n) is 5.52. The van der Waals surface area contributed by atoms with E-state index in [1.54, 1.807) is 23.1 Å². The van der Waals surface area contributed by atoms with Gasteiger partial charge in [-0.15, -0.1) is 11.3 Å². The molecule has 0 bridgehead atoms. The van der Waals surface area contributed by atoms with Crippen LogP contribution in [-0.2, 0) is 11.2 Å². The number of nitrogens with zero attached hydrogens (tertiary/aromatic N) is 3. The van der Waals surface area contributed by atoms with E-state index in [1.807, 2.05) is 12.3 Å². The average molecular weight is 325 g/mol. The van der Waals surface area contributed by atoms with Crippen LogP contribution in [0, 0.1) is 18.3 Å². The van der Waals surface area contributed by atoms with Crippen molar-refractivity contribution in [2.75, 3.05) is 11.4 Å². The van der Waals surface area contributed by atoms with Crippen molar-refractivity contribution in [3.8, 4) is 6.07 Å². The van der Waals surface area contributed by atoms with Crippen molar-refractivity contribution in [1.82, 2.24) is 4.98 Å². The van der Waals surface area contributed by atoms with E-state index in [2.05, 4.69) is 11.1 Å². The Hall–Kier alpha value is -2.52. The van der Waals surface area contributed by atoms with Crippen LogP contribution in [0.1, 0.15) is 39.5 Å². The van der Waals surface area contributed by atoms with Crippen molar-refractivity contribution in [1.29, 1.82) is 5.26 Å². The summed E-state index contributed by atoms with van der Waals surface area (Å²) in [5.74, 6) is -1.13. The van der Waals surface area contributed by atoms with Crippen molar-refractivity contribution in [3.05, 3.63) is 45.4 Å². The number of amides is 1. The number of aromatic nitrogens is 1. The minimum atomic E-state index is -0.878. The summed E-state index contributed by atoms with van der Waals surface area (Å²) < 4.78 is 0. The van der Waals surface area contributed by atoms with Crippen LogP contribution < -0.4 is 4.90 Å². The van der Waals surface area contributed by atoms with Crippen LogP contribution in [0.4, 0.5) is 5.69 Å². The number of carbonyl (C=O) groups is 2. The van der Waals surface area contributed by atoms with Gasteiger partial charge in [0.25, 0.3) is 0 Å². The molecule has 1 aliphatic heterocycles. The van der Waals surface area contributed by atoms with Gasteiger partial charge in [0, 0.05) is 35.8 Å². The predicted octanol–water partition coefficient (Wildman–Crippen LogP) is 2.85. The lowest BCUT2D eigenvalue weighted by atomic mass is 9.97. The van der Waals surface area contributed by atoms with Gasteiger partial charge in [0.15, 0.2) is 11.7 Å². The van der Waals surface area contributed by atoms with E-state index in [-0.39, 0.29) is 11.7 Å². The van der Waals surface area contributed by atoms with Gasteiger partial charge in [-0.25, -0.2) is 4.98 Å². The average Bonchev–Trinajstić information content (AvgIpc) is 3.13. The first kappa shape index (κ1) is 15.4. The molecule has 0 N–H and O–H groups in total. The van der Waals surface area contributed by atoms with Crippen molar-refractivity contribution >= 4 is 28.7 Å². The molecular formula is C17H15N3O2S. The highest BCUT2D eigenvalue weighted by atomic mass is 32.1. The maximum Gasteiger partial charge on any atom is 0.223 e. The maximum atomic E-state index is 12.7. The highest BCUT2D eigenvalue weighted by molar-refractivity contribution is 7.10. The molecule has 2 heterocycles. The van der Waals surface area contributed by atoms with Gasteiger partial charge in [-0.1, -0.05) is 0 Å². The highest BCUT2D eigenvalue weighted by Gasteiger charge is 2.27. The number of fused-ring (bicyclic) bond motifs is 1. The number of ketones is 1. The van der Waals surface area contributed by atoms with Crippen LogP contribution in [0.15, 0.2) is 23.6 Å². The predicted molar refractivity (Wildman–Crippen MR) is 87.7 cm³/mol. The molecule has 0 fully saturated rings. The molecular weight excluding hydrogens is 310 g/mol. The van der Waals surface area contributed by atoms with Crippen LogP contribution in [0.3, 0.4) is 0 Å². The SMILES string of the molecule is CC(=O)N1CCc2cc(C(=O)C(C#N)c3nc(C)cs3)ccc21.